The van der Waals surface area contributed by atoms with E-state index in [0.29, 0.717) is 13.0 Å². The number of carbonyl (C=O) groups excluding carboxylic acids is 1. The minimum absolute atomic E-state index is 0.0727. The van der Waals surface area contributed by atoms with Crippen LogP contribution in [0.1, 0.15) is 30.4 Å². The Morgan fingerprint density at radius 2 is 2.00 bits per heavy atom. The van der Waals surface area contributed by atoms with E-state index in [1.54, 1.807) is 0 Å². The molecule has 0 saturated carbocycles. The molecule has 2 aromatic rings. The van der Waals surface area contributed by atoms with E-state index in [9.17, 15) is 10.1 Å². The summed E-state index contributed by atoms with van der Waals surface area (Å²) >= 11 is 0. The van der Waals surface area contributed by atoms with Gasteiger partial charge in [0, 0.05) is 13.0 Å². The van der Waals surface area contributed by atoms with Gasteiger partial charge in [-0.15, -0.1) is 0 Å². The Morgan fingerprint density at radius 3 is 2.67 bits per heavy atom. The topological polar surface area (TPSA) is 90.9 Å². The predicted octanol–water partition coefficient (Wildman–Crippen LogP) is 2.51. The molecule has 2 aromatic carbocycles. The number of piperidine rings is 1. The molecule has 140 valence electrons. The lowest BCUT2D eigenvalue weighted by Gasteiger charge is -2.23. The normalized spacial score (nSPS) is 17.7. The highest BCUT2D eigenvalue weighted by molar-refractivity contribution is 5.82. The Labute approximate surface area is 160 Å². The largest absolute Gasteiger partial charge is 0.339 e. The molecule has 1 unspecified atom stereocenters. The highest BCUT2D eigenvalue weighted by Crippen LogP contribution is 2.21. The zero-order valence-corrected chi connectivity index (χ0v) is 15.4. The van der Waals surface area contributed by atoms with Gasteiger partial charge >= 0.3 is 0 Å². The first kappa shape index (κ1) is 19.1. The summed E-state index contributed by atoms with van der Waals surface area (Å²) < 4.78 is 0. The number of hydrogen-bond donors (Lipinski definition) is 3. The van der Waals surface area contributed by atoms with Crippen LogP contribution in [-0.4, -0.2) is 24.5 Å². The number of rotatable bonds is 6. The van der Waals surface area contributed by atoms with Gasteiger partial charge in [0.25, 0.3) is 0 Å². The maximum atomic E-state index is 12.3. The van der Waals surface area contributed by atoms with Crippen molar-refractivity contribution in [3.05, 3.63) is 59.7 Å². The van der Waals surface area contributed by atoms with Gasteiger partial charge in [-0.25, -0.2) is 0 Å². The summed E-state index contributed by atoms with van der Waals surface area (Å²) in [6.45, 7) is 1.38. The summed E-state index contributed by atoms with van der Waals surface area (Å²) in [5, 5.41) is 15.5. The van der Waals surface area contributed by atoms with Crippen molar-refractivity contribution in [2.45, 2.75) is 44.3 Å². The van der Waals surface area contributed by atoms with Crippen LogP contribution < -0.4 is 16.4 Å². The highest BCUT2D eigenvalue weighted by atomic mass is 16.2. The van der Waals surface area contributed by atoms with E-state index in [4.69, 9.17) is 5.73 Å². The van der Waals surface area contributed by atoms with Gasteiger partial charge in [0.05, 0.1) is 12.1 Å². The molecule has 4 N–H and O–H groups in total. The third-order valence-corrected chi connectivity index (χ3v) is 4.99. The second-order valence-electron chi connectivity index (χ2n) is 7.00. The zero-order chi connectivity index (χ0) is 19.1. The van der Waals surface area contributed by atoms with E-state index < -0.39 is 6.04 Å². The van der Waals surface area contributed by atoms with E-state index in [0.717, 1.165) is 48.1 Å². The van der Waals surface area contributed by atoms with Crippen molar-refractivity contribution in [1.29, 1.82) is 5.26 Å². The van der Waals surface area contributed by atoms with Crippen LogP contribution in [0.2, 0.25) is 0 Å². The van der Waals surface area contributed by atoms with Crippen molar-refractivity contribution in [3.8, 4) is 17.2 Å². The fraction of sp³-hybridized carbons (Fsp3) is 0.364. The molecule has 1 aliphatic heterocycles. The van der Waals surface area contributed by atoms with Crippen LogP contribution in [0.3, 0.4) is 0 Å². The molecule has 5 heteroatoms. The van der Waals surface area contributed by atoms with Crippen LogP contribution in [-0.2, 0) is 17.8 Å². The van der Waals surface area contributed by atoms with Gasteiger partial charge in [0.15, 0.2) is 0 Å². The van der Waals surface area contributed by atoms with Crippen molar-refractivity contribution >= 4 is 5.91 Å². The van der Waals surface area contributed by atoms with Gasteiger partial charge in [-0.05, 0) is 47.7 Å². The number of amides is 1. The quantitative estimate of drug-likeness (QED) is 0.736. The maximum Gasteiger partial charge on any atom is 0.238 e. The van der Waals surface area contributed by atoms with Crippen LogP contribution >= 0.6 is 0 Å². The molecule has 3 rings (SSSR count). The number of nitrogens with zero attached hydrogens (tertiary/aromatic N) is 1. The number of hydrogen-bond acceptors (Lipinski definition) is 4. The van der Waals surface area contributed by atoms with Crippen LogP contribution in [0.25, 0.3) is 11.1 Å². The molecular weight excluding hydrogens is 336 g/mol. The molecule has 1 amide bonds. The fourth-order valence-electron chi connectivity index (χ4n) is 3.42. The summed E-state index contributed by atoms with van der Waals surface area (Å²) in [7, 11) is 0. The lowest BCUT2D eigenvalue weighted by atomic mass is 9.99. The van der Waals surface area contributed by atoms with Crippen LogP contribution in [0.4, 0.5) is 0 Å². The molecule has 1 heterocycles. The van der Waals surface area contributed by atoms with Gasteiger partial charge in [-0.1, -0.05) is 48.9 Å². The van der Waals surface area contributed by atoms with E-state index in [1.807, 2.05) is 36.4 Å². The van der Waals surface area contributed by atoms with Crippen molar-refractivity contribution in [3.63, 3.8) is 0 Å². The van der Waals surface area contributed by atoms with Crippen molar-refractivity contribution in [2.75, 3.05) is 6.54 Å². The number of benzene rings is 2. The lowest BCUT2D eigenvalue weighted by Crippen LogP contribution is -2.49. The molecular formula is C22H26N4O. The lowest BCUT2D eigenvalue weighted by molar-refractivity contribution is -0.124. The first-order valence-corrected chi connectivity index (χ1v) is 9.51. The molecule has 0 aromatic heterocycles. The van der Waals surface area contributed by atoms with Crippen LogP contribution in [0.15, 0.2) is 48.5 Å². The number of nitriles is 1. The average molecular weight is 362 g/mol. The van der Waals surface area contributed by atoms with Crippen molar-refractivity contribution in [1.82, 2.24) is 10.6 Å². The Hall–Kier alpha value is -2.68. The molecule has 1 saturated heterocycles. The molecule has 2 atom stereocenters. The van der Waals surface area contributed by atoms with Gasteiger partial charge in [0.1, 0.15) is 6.04 Å². The average Bonchev–Trinajstić information content (AvgIpc) is 2.74. The summed E-state index contributed by atoms with van der Waals surface area (Å²) in [6, 6.07) is 17.8. The molecule has 0 aliphatic carbocycles. The first-order chi connectivity index (χ1) is 13.2. The highest BCUT2D eigenvalue weighted by Gasteiger charge is 2.22. The summed E-state index contributed by atoms with van der Waals surface area (Å²) in [6.07, 6.45) is 3.49. The molecule has 1 aliphatic rings. The molecule has 0 spiro atoms. The zero-order valence-electron chi connectivity index (χ0n) is 15.4. The smallest absolute Gasteiger partial charge is 0.238 e. The number of carbonyl (C=O) groups is 1. The van der Waals surface area contributed by atoms with Crippen LogP contribution in [0.5, 0.6) is 0 Å². The second kappa shape index (κ2) is 9.31. The van der Waals surface area contributed by atoms with Gasteiger partial charge < -0.3 is 16.4 Å². The Balaban J connectivity index is 1.62. The van der Waals surface area contributed by atoms with Crippen LogP contribution in [0, 0.1) is 11.3 Å². The Morgan fingerprint density at radius 1 is 1.19 bits per heavy atom. The summed E-state index contributed by atoms with van der Waals surface area (Å²) in [5.41, 5.74) is 10.1. The second-order valence-corrected chi connectivity index (χ2v) is 7.00. The minimum atomic E-state index is -0.521. The number of nitrogens with one attached hydrogen (secondary N) is 2. The molecule has 0 radical (unpaired) electrons. The first-order valence-electron chi connectivity index (χ1n) is 9.51. The minimum Gasteiger partial charge on any atom is -0.339 e. The van der Waals surface area contributed by atoms with Gasteiger partial charge in [-0.2, -0.15) is 5.26 Å². The number of nitrogens with two attached hydrogens (primary N) is 1. The van der Waals surface area contributed by atoms with E-state index in [2.05, 4.69) is 28.8 Å². The standard InChI is InChI=1S/C22H26N4O/c23-14-17-4-3-5-19(12-17)18-9-7-16(8-10-18)13-20(15-24)26-22(27)21-6-1-2-11-25-21/h3-5,7-10,12,20-21,25H,1-2,6,11,13-14,23H2,(H,26,27)/t20-,21?/m0/s1. The maximum absolute atomic E-state index is 12.3. The van der Waals surface area contributed by atoms with Gasteiger partial charge in [-0.3, -0.25) is 4.79 Å². The SMILES string of the molecule is N#C[C@H](Cc1ccc(-c2cccc(CN)c2)cc1)NC(=O)C1CCCCN1. The third-order valence-electron chi connectivity index (χ3n) is 4.99. The Kier molecular flexibility index (Phi) is 6.59. The summed E-state index contributed by atoms with van der Waals surface area (Å²) in [4.78, 5) is 12.3. The predicted molar refractivity (Wildman–Crippen MR) is 107 cm³/mol. The van der Waals surface area contributed by atoms with E-state index >= 15 is 0 Å². The van der Waals surface area contributed by atoms with Gasteiger partial charge in [0.2, 0.25) is 5.91 Å². The fourth-order valence-corrected chi connectivity index (χ4v) is 3.42. The molecule has 1 fully saturated rings. The third kappa shape index (κ3) is 5.16. The van der Waals surface area contributed by atoms with E-state index in [-0.39, 0.29) is 11.9 Å². The van der Waals surface area contributed by atoms with Crippen molar-refractivity contribution < 1.29 is 4.79 Å². The molecule has 0 bridgehead atoms. The van der Waals surface area contributed by atoms with Crippen molar-refractivity contribution in [2.24, 2.45) is 5.73 Å². The molecule has 5 nitrogen and oxygen atoms in total. The molecule has 27 heavy (non-hydrogen) atoms. The monoisotopic (exact) mass is 362 g/mol. The Bertz CT molecular complexity index is 804. The van der Waals surface area contributed by atoms with E-state index in [1.165, 1.54) is 0 Å². The summed E-state index contributed by atoms with van der Waals surface area (Å²) in [5.74, 6) is -0.0727.